The van der Waals surface area contributed by atoms with E-state index in [4.69, 9.17) is 4.74 Å². The summed E-state index contributed by atoms with van der Waals surface area (Å²) in [6.45, 7) is 1.89. The quantitative estimate of drug-likeness (QED) is 0.0886. The second kappa shape index (κ2) is 15.7. The lowest BCUT2D eigenvalue weighted by Gasteiger charge is -2.17. The highest BCUT2D eigenvalue weighted by Crippen LogP contribution is 2.29. The molecule has 1 atom stereocenters. The first-order valence-electron chi connectivity index (χ1n) is 13.7. The van der Waals surface area contributed by atoms with Gasteiger partial charge in [0.2, 0.25) is 5.91 Å². The van der Waals surface area contributed by atoms with Crippen LogP contribution in [-0.2, 0) is 14.3 Å². The molecule has 10 heteroatoms. The molecule has 0 fully saturated rings. The van der Waals surface area contributed by atoms with E-state index in [0.29, 0.717) is 23.4 Å². The summed E-state index contributed by atoms with van der Waals surface area (Å²) in [6.07, 6.45) is 2.11. The summed E-state index contributed by atoms with van der Waals surface area (Å²) < 4.78 is 5.71. The predicted octanol–water partition coefficient (Wildman–Crippen LogP) is 7.15. The first-order valence-corrected chi connectivity index (χ1v) is 15.3. The average Bonchev–Trinajstić information content (AvgIpc) is 3.04. The molecule has 0 radical (unpaired) electrons. The molecule has 0 aromatic heterocycles. The van der Waals surface area contributed by atoms with Crippen LogP contribution in [0.15, 0.2) is 118 Å². The molecule has 4 aromatic rings. The summed E-state index contributed by atoms with van der Waals surface area (Å²) in [6, 6.07) is 29.7. The van der Waals surface area contributed by atoms with Gasteiger partial charge in [-0.3, -0.25) is 14.4 Å². The smallest absolute Gasteiger partial charge is 0.339 e. The van der Waals surface area contributed by atoms with Crippen molar-refractivity contribution in [2.24, 2.45) is 0 Å². The van der Waals surface area contributed by atoms with E-state index in [2.05, 4.69) is 31.9 Å². The van der Waals surface area contributed by atoms with E-state index in [9.17, 15) is 19.2 Å². The van der Waals surface area contributed by atoms with Crippen molar-refractivity contribution in [3.05, 3.63) is 130 Å². The summed E-state index contributed by atoms with van der Waals surface area (Å²) in [5.41, 5.74) is 2.32. The molecule has 4 aromatic carbocycles. The number of hydrogen-bond donors (Lipinski definition) is 3. The molecule has 3 N–H and O–H groups in total. The molecule has 0 aliphatic heterocycles. The SMILES string of the molecule is CCC(Sc1cccc(NC(=O)/C(=C\c2ccc(Br)cc2)NC(=O)c2ccccc2)c1)C(=O)Nc1ccccc1C(=O)OC. The van der Waals surface area contributed by atoms with E-state index < -0.39 is 23.0 Å². The topological polar surface area (TPSA) is 114 Å². The molecule has 44 heavy (non-hydrogen) atoms. The minimum absolute atomic E-state index is 0.0642. The van der Waals surface area contributed by atoms with E-state index in [1.807, 2.05) is 37.3 Å². The fourth-order valence-corrected chi connectivity index (χ4v) is 5.37. The number of benzene rings is 4. The lowest BCUT2D eigenvalue weighted by Crippen LogP contribution is -2.30. The summed E-state index contributed by atoms with van der Waals surface area (Å²) in [5.74, 6) is -1.74. The number of hydrogen-bond acceptors (Lipinski definition) is 6. The highest BCUT2D eigenvalue weighted by atomic mass is 79.9. The molecule has 4 rings (SSSR count). The summed E-state index contributed by atoms with van der Waals surface area (Å²) in [5, 5.41) is 7.95. The molecule has 0 aliphatic carbocycles. The number of carbonyl (C=O) groups excluding carboxylic acids is 4. The van der Waals surface area contributed by atoms with Crippen molar-refractivity contribution >= 4 is 68.8 Å². The van der Waals surface area contributed by atoms with Crippen LogP contribution in [-0.4, -0.2) is 36.1 Å². The fraction of sp³-hybridized carbons (Fsp3) is 0.118. The van der Waals surface area contributed by atoms with Gasteiger partial charge in [-0.15, -0.1) is 11.8 Å². The third-order valence-corrected chi connectivity index (χ3v) is 8.22. The molecule has 0 saturated carbocycles. The Morgan fingerprint density at radius 1 is 0.864 bits per heavy atom. The van der Waals surface area contributed by atoms with Gasteiger partial charge in [0.25, 0.3) is 11.8 Å². The predicted molar refractivity (Wildman–Crippen MR) is 177 cm³/mol. The van der Waals surface area contributed by atoms with Crippen molar-refractivity contribution in [1.82, 2.24) is 5.32 Å². The zero-order valence-electron chi connectivity index (χ0n) is 24.0. The maximum absolute atomic E-state index is 13.5. The van der Waals surface area contributed by atoms with Gasteiger partial charge in [-0.2, -0.15) is 0 Å². The number of anilines is 2. The molecule has 0 aliphatic rings. The van der Waals surface area contributed by atoms with Crippen molar-refractivity contribution in [2.45, 2.75) is 23.5 Å². The van der Waals surface area contributed by atoms with Crippen LogP contribution in [0.3, 0.4) is 0 Å². The summed E-state index contributed by atoms with van der Waals surface area (Å²) >= 11 is 4.74. The van der Waals surface area contributed by atoms with Crippen LogP contribution in [0.25, 0.3) is 6.08 Å². The Labute approximate surface area is 268 Å². The summed E-state index contributed by atoms with van der Waals surface area (Å²) in [4.78, 5) is 52.4. The van der Waals surface area contributed by atoms with Crippen LogP contribution in [0.1, 0.15) is 39.6 Å². The Hall–Kier alpha value is -4.67. The maximum Gasteiger partial charge on any atom is 0.339 e. The van der Waals surface area contributed by atoms with E-state index in [1.165, 1.54) is 18.9 Å². The fourth-order valence-electron chi connectivity index (χ4n) is 4.09. The molecular weight excluding hydrogens is 642 g/mol. The van der Waals surface area contributed by atoms with E-state index in [1.54, 1.807) is 78.9 Å². The van der Waals surface area contributed by atoms with E-state index in [-0.39, 0.29) is 17.2 Å². The third-order valence-electron chi connectivity index (χ3n) is 6.33. The lowest BCUT2D eigenvalue weighted by molar-refractivity contribution is -0.116. The zero-order valence-corrected chi connectivity index (χ0v) is 26.4. The number of nitrogens with one attached hydrogen (secondary N) is 3. The largest absolute Gasteiger partial charge is 0.465 e. The molecule has 0 spiro atoms. The van der Waals surface area contributed by atoms with Crippen molar-refractivity contribution < 1.29 is 23.9 Å². The minimum atomic E-state index is -0.543. The number of thioether (sulfide) groups is 1. The van der Waals surface area contributed by atoms with Gasteiger partial charge in [0.05, 0.1) is 23.6 Å². The number of methoxy groups -OCH3 is 1. The van der Waals surface area contributed by atoms with Crippen LogP contribution >= 0.6 is 27.7 Å². The van der Waals surface area contributed by atoms with Gasteiger partial charge in [0.15, 0.2) is 0 Å². The molecule has 1 unspecified atom stereocenters. The van der Waals surface area contributed by atoms with Gasteiger partial charge < -0.3 is 20.7 Å². The van der Waals surface area contributed by atoms with Crippen LogP contribution in [0.4, 0.5) is 11.4 Å². The Morgan fingerprint density at radius 3 is 2.27 bits per heavy atom. The van der Waals surface area contributed by atoms with E-state index in [0.717, 1.165) is 14.9 Å². The first kappa shape index (κ1) is 32.2. The molecular formula is C34H30BrN3O5S. The molecule has 0 saturated heterocycles. The van der Waals surface area contributed by atoms with E-state index >= 15 is 0 Å². The molecule has 8 nitrogen and oxygen atoms in total. The van der Waals surface area contributed by atoms with Crippen LogP contribution in [0, 0.1) is 0 Å². The second-order valence-corrected chi connectivity index (χ2v) is 11.6. The van der Waals surface area contributed by atoms with Gasteiger partial charge in [0.1, 0.15) is 5.70 Å². The minimum Gasteiger partial charge on any atom is -0.465 e. The Morgan fingerprint density at radius 2 is 1.57 bits per heavy atom. The molecule has 224 valence electrons. The molecule has 3 amide bonds. The Balaban J connectivity index is 1.50. The van der Waals surface area contributed by atoms with Gasteiger partial charge in [0, 0.05) is 20.6 Å². The number of ether oxygens (including phenoxy) is 1. The lowest BCUT2D eigenvalue weighted by atomic mass is 10.1. The Bertz CT molecular complexity index is 1680. The van der Waals surface area contributed by atoms with Gasteiger partial charge in [-0.1, -0.05) is 71.4 Å². The zero-order chi connectivity index (χ0) is 31.5. The number of esters is 1. The first-order chi connectivity index (χ1) is 21.3. The van der Waals surface area contributed by atoms with Crippen LogP contribution in [0.2, 0.25) is 0 Å². The number of amides is 3. The van der Waals surface area contributed by atoms with Gasteiger partial charge >= 0.3 is 5.97 Å². The Kier molecular flexibility index (Phi) is 11.5. The molecule has 0 heterocycles. The molecule has 0 bridgehead atoms. The normalized spacial score (nSPS) is 11.7. The van der Waals surface area contributed by atoms with Crippen LogP contribution < -0.4 is 16.0 Å². The van der Waals surface area contributed by atoms with Crippen molar-refractivity contribution in [3.8, 4) is 0 Å². The number of rotatable bonds is 11. The van der Waals surface area contributed by atoms with Gasteiger partial charge in [-0.25, -0.2) is 4.79 Å². The second-order valence-electron chi connectivity index (χ2n) is 9.45. The monoisotopic (exact) mass is 671 g/mol. The number of para-hydroxylation sites is 1. The third kappa shape index (κ3) is 8.92. The van der Waals surface area contributed by atoms with Crippen molar-refractivity contribution in [1.29, 1.82) is 0 Å². The van der Waals surface area contributed by atoms with Crippen molar-refractivity contribution in [2.75, 3.05) is 17.7 Å². The summed E-state index contributed by atoms with van der Waals surface area (Å²) in [7, 11) is 1.29. The highest BCUT2D eigenvalue weighted by molar-refractivity contribution is 9.10. The van der Waals surface area contributed by atoms with Crippen LogP contribution in [0.5, 0.6) is 0 Å². The average molecular weight is 673 g/mol. The van der Waals surface area contributed by atoms with Crippen molar-refractivity contribution in [3.63, 3.8) is 0 Å². The number of carbonyl (C=O) groups is 4. The highest BCUT2D eigenvalue weighted by Gasteiger charge is 2.21. The number of halogens is 1. The van der Waals surface area contributed by atoms with Gasteiger partial charge in [-0.05, 0) is 72.7 Å². The standard InChI is InChI=1S/C34H30BrN3O5S/c1-3-30(33(41)37-28-15-8-7-14-27(28)34(42)43-2)44-26-13-9-12-25(21-26)36-32(40)29(20-22-16-18-24(35)19-17-22)38-31(39)23-10-5-4-6-11-23/h4-21,30H,3H2,1-2H3,(H,36,40)(H,37,41)(H,38,39)/b29-20+. The maximum atomic E-state index is 13.5.